The Morgan fingerprint density at radius 3 is 2.44 bits per heavy atom. The van der Waals surface area contributed by atoms with Gasteiger partial charge in [0.25, 0.3) is 11.8 Å². The standard InChI is InChI=1S/C33H33N5O3/c1-33-29-25(24-11-5-7-13-27(24)35-29)17-20-37(33)32(41)38(31(33)40)28-14-8-6-12-26(28)30(39)34-23-15-18-36(19-16-23)21-22-9-3-2-4-10-22/h2-14,23,35H,15-21H2,1H3,(H,34,39)/t33-/m0/s1. The van der Waals surface area contributed by atoms with Crippen molar-refractivity contribution in [3.05, 3.63) is 101 Å². The average Bonchev–Trinajstić information content (AvgIpc) is 3.47. The molecule has 0 radical (unpaired) electrons. The lowest BCUT2D eigenvalue weighted by Gasteiger charge is -2.35. The molecule has 2 fully saturated rings. The van der Waals surface area contributed by atoms with Gasteiger partial charge in [-0.3, -0.25) is 14.5 Å². The van der Waals surface area contributed by atoms with Crippen LogP contribution in [0.15, 0.2) is 78.9 Å². The first-order valence-electron chi connectivity index (χ1n) is 14.4. The van der Waals surface area contributed by atoms with Crippen molar-refractivity contribution < 1.29 is 14.4 Å². The molecular formula is C33H33N5O3. The van der Waals surface area contributed by atoms with Gasteiger partial charge in [0.05, 0.1) is 16.9 Å². The van der Waals surface area contributed by atoms with Crippen molar-refractivity contribution in [2.45, 2.75) is 44.3 Å². The summed E-state index contributed by atoms with van der Waals surface area (Å²) >= 11 is 0. The molecule has 3 aliphatic heterocycles. The van der Waals surface area contributed by atoms with E-state index in [2.05, 4.69) is 45.5 Å². The number of carbonyl (C=O) groups is 3. The molecule has 3 aliphatic rings. The van der Waals surface area contributed by atoms with E-state index in [4.69, 9.17) is 0 Å². The number of fused-ring (bicyclic) bond motifs is 5. The predicted molar refractivity (Wildman–Crippen MR) is 158 cm³/mol. The van der Waals surface area contributed by atoms with Crippen molar-refractivity contribution in [3.63, 3.8) is 0 Å². The fraction of sp³-hybridized carbons (Fsp3) is 0.303. The van der Waals surface area contributed by atoms with Gasteiger partial charge in [-0.25, -0.2) is 9.69 Å². The molecule has 3 aromatic carbocycles. The number of rotatable bonds is 5. The van der Waals surface area contributed by atoms with Gasteiger partial charge in [-0.1, -0.05) is 60.7 Å². The summed E-state index contributed by atoms with van der Waals surface area (Å²) in [5, 5.41) is 4.26. The zero-order chi connectivity index (χ0) is 28.1. The molecule has 4 aromatic rings. The lowest BCUT2D eigenvalue weighted by molar-refractivity contribution is -0.125. The Bertz CT molecular complexity index is 1660. The topological polar surface area (TPSA) is 88.8 Å². The van der Waals surface area contributed by atoms with Crippen LogP contribution in [-0.4, -0.2) is 58.3 Å². The molecule has 1 atom stereocenters. The lowest BCUT2D eigenvalue weighted by Crippen LogP contribution is -2.49. The molecule has 2 saturated heterocycles. The highest BCUT2D eigenvalue weighted by Crippen LogP contribution is 2.45. The SMILES string of the molecule is C[C@]12C(=O)N(c3ccccc3C(=O)NC3CCN(Cc4ccccc4)CC3)C(=O)N1CCc1c2[nH]c2ccccc12. The number of piperidine rings is 1. The van der Waals surface area contributed by atoms with E-state index in [1.807, 2.05) is 31.2 Å². The van der Waals surface area contributed by atoms with Crippen LogP contribution in [0.1, 0.15) is 46.9 Å². The Morgan fingerprint density at radius 2 is 1.63 bits per heavy atom. The predicted octanol–water partition coefficient (Wildman–Crippen LogP) is 4.80. The number of benzene rings is 3. The molecule has 0 saturated carbocycles. The minimum absolute atomic E-state index is 0.0327. The molecule has 2 N–H and O–H groups in total. The Labute approximate surface area is 238 Å². The molecule has 8 nitrogen and oxygen atoms in total. The number of imide groups is 1. The number of H-pyrrole nitrogens is 1. The Morgan fingerprint density at radius 1 is 0.927 bits per heavy atom. The molecule has 0 bridgehead atoms. The molecule has 41 heavy (non-hydrogen) atoms. The van der Waals surface area contributed by atoms with Gasteiger partial charge in [0.1, 0.15) is 0 Å². The monoisotopic (exact) mass is 547 g/mol. The first kappa shape index (κ1) is 25.5. The van der Waals surface area contributed by atoms with Crippen molar-refractivity contribution in [1.29, 1.82) is 0 Å². The minimum atomic E-state index is -1.17. The van der Waals surface area contributed by atoms with E-state index in [0.29, 0.717) is 24.2 Å². The smallest absolute Gasteiger partial charge is 0.332 e. The minimum Gasteiger partial charge on any atom is -0.356 e. The number of para-hydroxylation sites is 2. The number of urea groups is 1. The summed E-state index contributed by atoms with van der Waals surface area (Å²) in [4.78, 5) is 50.3. The van der Waals surface area contributed by atoms with Crippen LogP contribution in [0.2, 0.25) is 0 Å². The number of anilines is 1. The largest absolute Gasteiger partial charge is 0.356 e. The summed E-state index contributed by atoms with van der Waals surface area (Å²) in [6.07, 6.45) is 2.35. The van der Waals surface area contributed by atoms with Crippen LogP contribution in [0.25, 0.3) is 10.9 Å². The van der Waals surface area contributed by atoms with Crippen LogP contribution in [0.5, 0.6) is 0 Å². The van der Waals surface area contributed by atoms with Crippen LogP contribution in [0.3, 0.4) is 0 Å². The maximum atomic E-state index is 14.2. The molecule has 0 spiro atoms. The third-order valence-electron chi connectivity index (χ3n) is 9.03. The van der Waals surface area contributed by atoms with E-state index < -0.39 is 11.6 Å². The quantitative estimate of drug-likeness (QED) is 0.351. The highest BCUT2D eigenvalue weighted by Gasteiger charge is 2.59. The van der Waals surface area contributed by atoms with Gasteiger partial charge in [-0.2, -0.15) is 0 Å². The van der Waals surface area contributed by atoms with Crippen molar-refractivity contribution in [1.82, 2.24) is 20.1 Å². The summed E-state index contributed by atoms with van der Waals surface area (Å²) in [7, 11) is 0. The van der Waals surface area contributed by atoms with Gasteiger partial charge < -0.3 is 15.2 Å². The van der Waals surface area contributed by atoms with Crippen molar-refractivity contribution >= 4 is 34.4 Å². The first-order chi connectivity index (χ1) is 19.9. The van der Waals surface area contributed by atoms with Crippen LogP contribution in [0, 0.1) is 0 Å². The molecule has 7 rings (SSSR count). The fourth-order valence-electron chi connectivity index (χ4n) is 6.81. The molecular weight excluding hydrogens is 514 g/mol. The highest BCUT2D eigenvalue weighted by atomic mass is 16.2. The number of nitrogens with zero attached hydrogens (tertiary/aromatic N) is 3. The normalized spacial score (nSPS) is 21.3. The van der Waals surface area contributed by atoms with Crippen LogP contribution in [-0.2, 0) is 23.3 Å². The number of amides is 4. The molecule has 1 aromatic heterocycles. The van der Waals surface area contributed by atoms with Crippen LogP contribution in [0.4, 0.5) is 10.5 Å². The summed E-state index contributed by atoms with van der Waals surface area (Å²) in [6.45, 7) is 4.93. The second-order valence-corrected chi connectivity index (χ2v) is 11.4. The maximum absolute atomic E-state index is 14.2. The summed E-state index contributed by atoms with van der Waals surface area (Å²) in [6, 6.07) is 25.0. The highest BCUT2D eigenvalue weighted by molar-refractivity contribution is 6.25. The van der Waals surface area contributed by atoms with E-state index in [1.54, 1.807) is 29.2 Å². The van der Waals surface area contributed by atoms with Gasteiger partial charge in [-0.15, -0.1) is 0 Å². The Balaban J connectivity index is 1.11. The van der Waals surface area contributed by atoms with Crippen molar-refractivity contribution in [2.24, 2.45) is 0 Å². The maximum Gasteiger partial charge on any atom is 0.332 e. The van der Waals surface area contributed by atoms with Gasteiger partial charge in [0.15, 0.2) is 5.54 Å². The van der Waals surface area contributed by atoms with Crippen molar-refractivity contribution in [3.8, 4) is 0 Å². The van der Waals surface area contributed by atoms with Gasteiger partial charge >= 0.3 is 6.03 Å². The summed E-state index contributed by atoms with van der Waals surface area (Å²) in [5.41, 5.74) is 3.57. The second-order valence-electron chi connectivity index (χ2n) is 11.4. The number of likely N-dealkylation sites (tertiary alicyclic amines) is 1. The number of nitrogens with one attached hydrogen (secondary N) is 2. The third kappa shape index (κ3) is 4.13. The van der Waals surface area contributed by atoms with E-state index in [1.165, 1.54) is 10.5 Å². The first-order valence-corrected chi connectivity index (χ1v) is 14.4. The van der Waals surface area contributed by atoms with Crippen LogP contribution >= 0.6 is 0 Å². The molecule has 4 amide bonds. The lowest BCUT2D eigenvalue weighted by atomic mass is 9.87. The number of hydrogen-bond acceptors (Lipinski definition) is 4. The molecule has 208 valence electrons. The zero-order valence-electron chi connectivity index (χ0n) is 23.1. The summed E-state index contributed by atoms with van der Waals surface area (Å²) in [5.74, 6) is -0.603. The van der Waals surface area contributed by atoms with E-state index in [9.17, 15) is 14.4 Å². The zero-order valence-corrected chi connectivity index (χ0v) is 23.1. The Hall–Kier alpha value is -4.43. The number of carbonyl (C=O) groups excluding carboxylic acids is 3. The number of hydrogen-bond donors (Lipinski definition) is 2. The number of aromatic amines is 1. The average molecular weight is 548 g/mol. The van der Waals surface area contributed by atoms with Gasteiger partial charge in [-0.05, 0) is 55.5 Å². The Kier molecular flexibility index (Phi) is 6.16. The van der Waals surface area contributed by atoms with Crippen LogP contribution < -0.4 is 10.2 Å². The molecule has 8 heteroatoms. The summed E-state index contributed by atoms with van der Waals surface area (Å²) < 4.78 is 0. The van der Waals surface area contributed by atoms with Gasteiger partial charge in [0.2, 0.25) is 0 Å². The third-order valence-corrected chi connectivity index (χ3v) is 9.03. The molecule has 0 aliphatic carbocycles. The van der Waals surface area contributed by atoms with Gasteiger partial charge in [0, 0.05) is 43.1 Å². The molecule has 4 heterocycles. The van der Waals surface area contributed by atoms with E-state index in [0.717, 1.165) is 54.6 Å². The van der Waals surface area contributed by atoms with Crippen molar-refractivity contribution in [2.75, 3.05) is 24.5 Å². The fourth-order valence-corrected chi connectivity index (χ4v) is 6.81. The second kappa shape index (κ2) is 9.89. The molecule has 0 unspecified atom stereocenters. The van der Waals surface area contributed by atoms with E-state index >= 15 is 0 Å². The number of aromatic nitrogens is 1. The van der Waals surface area contributed by atoms with E-state index in [-0.39, 0.29) is 17.9 Å².